The van der Waals surface area contributed by atoms with Gasteiger partial charge in [-0.25, -0.2) is 0 Å². The van der Waals surface area contributed by atoms with Crippen LogP contribution < -0.4 is 0 Å². The molecule has 33 heavy (non-hydrogen) atoms. The monoisotopic (exact) mass is 521 g/mol. The lowest BCUT2D eigenvalue weighted by molar-refractivity contribution is -0.462. The lowest BCUT2D eigenvalue weighted by Gasteiger charge is -2.42. The predicted molar refractivity (Wildman–Crippen MR) is 70.8 cm³/mol. The molecule has 1 aromatic carbocycles. The third-order valence-corrected chi connectivity index (χ3v) is 4.10. The van der Waals surface area contributed by atoms with Crippen LogP contribution >= 0.6 is 0 Å². The van der Waals surface area contributed by atoms with Crippen molar-refractivity contribution < 1.29 is 74.6 Å². The van der Waals surface area contributed by atoms with Crippen molar-refractivity contribution in [2.45, 2.75) is 47.6 Å². The van der Waals surface area contributed by atoms with Crippen LogP contribution in [0.4, 0.5) is 74.6 Å². The Balaban J connectivity index is 3.70. The lowest BCUT2D eigenvalue weighted by Crippen LogP contribution is -2.74. The highest BCUT2D eigenvalue weighted by atomic mass is 19.4. The predicted octanol–water partition coefficient (Wildman–Crippen LogP) is 7.02. The van der Waals surface area contributed by atoms with Crippen molar-refractivity contribution in [2.24, 2.45) is 0 Å². The fourth-order valence-corrected chi connectivity index (χ4v) is 2.10. The van der Waals surface area contributed by atoms with Gasteiger partial charge in [-0.1, -0.05) is 12.1 Å². The van der Waals surface area contributed by atoms with Gasteiger partial charge < -0.3 is 0 Å². The molecule has 0 fully saturated rings. The zero-order valence-electron chi connectivity index (χ0n) is 14.7. The van der Waals surface area contributed by atoms with E-state index in [0.29, 0.717) is 0 Å². The van der Waals surface area contributed by atoms with Crippen LogP contribution in [0.3, 0.4) is 0 Å². The average Bonchev–Trinajstić information content (AvgIpc) is 2.66. The van der Waals surface area contributed by atoms with Crippen LogP contribution in [0, 0.1) is 11.3 Å². The van der Waals surface area contributed by atoms with E-state index in [9.17, 15) is 74.6 Å². The van der Waals surface area contributed by atoms with Gasteiger partial charge in [-0.15, -0.1) is 0 Å². The van der Waals surface area contributed by atoms with E-state index >= 15 is 0 Å². The number of benzene rings is 1. The van der Waals surface area contributed by atoms with Crippen molar-refractivity contribution >= 4 is 0 Å². The number of hydrogen-bond donors (Lipinski definition) is 0. The van der Waals surface area contributed by atoms with Crippen LogP contribution in [0.25, 0.3) is 0 Å². The Hall–Kier alpha value is -2.48. The summed E-state index contributed by atoms with van der Waals surface area (Å²) < 4.78 is 224. The second-order valence-electron chi connectivity index (χ2n) is 6.21. The SMILES string of the molecule is N#Cc1ccc(C(F)(F)C(F)(F)C(F)(F)C(F)(F)C(F)(F)C(F)(F)C(F)(F)C(F)(F)F)cc1. The van der Waals surface area contributed by atoms with Crippen LogP contribution in [-0.2, 0) is 5.92 Å². The Kier molecular flexibility index (Phi) is 6.50. The molecule has 18 heteroatoms. The summed E-state index contributed by atoms with van der Waals surface area (Å²) in [7, 11) is 0. The molecule has 0 aliphatic carbocycles. The van der Waals surface area contributed by atoms with Gasteiger partial charge in [-0.05, 0) is 12.1 Å². The van der Waals surface area contributed by atoms with Gasteiger partial charge in [0.15, 0.2) is 0 Å². The van der Waals surface area contributed by atoms with Crippen molar-refractivity contribution in [3.05, 3.63) is 35.4 Å². The molecule has 188 valence electrons. The molecule has 0 unspecified atom stereocenters. The highest BCUT2D eigenvalue weighted by Crippen LogP contribution is 2.64. The summed E-state index contributed by atoms with van der Waals surface area (Å²) in [6.45, 7) is 0. The van der Waals surface area contributed by atoms with E-state index in [1.54, 1.807) is 0 Å². The van der Waals surface area contributed by atoms with Gasteiger partial charge in [-0.3, -0.25) is 0 Å². The van der Waals surface area contributed by atoms with Gasteiger partial charge in [0.1, 0.15) is 0 Å². The maximum atomic E-state index is 13.9. The van der Waals surface area contributed by atoms with Crippen molar-refractivity contribution in [2.75, 3.05) is 0 Å². The van der Waals surface area contributed by atoms with Gasteiger partial charge >= 0.3 is 47.6 Å². The van der Waals surface area contributed by atoms with E-state index < -0.39 is 58.8 Å². The van der Waals surface area contributed by atoms with E-state index in [1.165, 1.54) is 6.07 Å². The van der Waals surface area contributed by atoms with Crippen LogP contribution in [0.1, 0.15) is 11.1 Å². The minimum Gasteiger partial charge on any atom is -0.194 e. The highest BCUT2D eigenvalue weighted by Gasteiger charge is 2.95. The Morgan fingerprint density at radius 1 is 0.455 bits per heavy atom. The molecule has 0 amide bonds. The van der Waals surface area contributed by atoms with Gasteiger partial charge in [-0.2, -0.15) is 79.9 Å². The molecule has 0 radical (unpaired) electrons. The van der Waals surface area contributed by atoms with Crippen LogP contribution in [0.5, 0.6) is 0 Å². The fourth-order valence-electron chi connectivity index (χ4n) is 2.10. The minimum absolute atomic E-state index is 0.224. The van der Waals surface area contributed by atoms with E-state index in [0.717, 1.165) is 0 Å². The van der Waals surface area contributed by atoms with E-state index in [2.05, 4.69) is 0 Å². The molecule has 0 N–H and O–H groups in total. The van der Waals surface area contributed by atoms with Gasteiger partial charge in [0.25, 0.3) is 0 Å². The smallest absolute Gasteiger partial charge is 0.194 e. The molecule has 0 aromatic heterocycles. The average molecular weight is 521 g/mol. The lowest BCUT2D eigenvalue weighted by atomic mass is 9.87. The van der Waals surface area contributed by atoms with Crippen LogP contribution in [0.2, 0.25) is 0 Å². The molecule has 0 aliphatic heterocycles. The first-order chi connectivity index (χ1) is 14.3. The third-order valence-electron chi connectivity index (χ3n) is 4.10. The molecule has 0 atom stereocenters. The first kappa shape index (κ1) is 28.6. The summed E-state index contributed by atoms with van der Waals surface area (Å²) in [4.78, 5) is 0. The molecule has 0 saturated heterocycles. The Bertz CT molecular complexity index is 904. The van der Waals surface area contributed by atoms with Gasteiger partial charge in [0.2, 0.25) is 0 Å². The van der Waals surface area contributed by atoms with Gasteiger partial charge in [0.05, 0.1) is 11.6 Å². The summed E-state index contributed by atoms with van der Waals surface area (Å²) in [5, 5.41) is 8.42. The summed E-state index contributed by atoms with van der Waals surface area (Å²) in [6, 6.07) is 1.15. The molecular weight excluding hydrogens is 517 g/mol. The number of nitriles is 1. The summed E-state index contributed by atoms with van der Waals surface area (Å²) in [5.74, 6) is -56.8. The second kappa shape index (κ2) is 7.52. The molecule has 1 aromatic rings. The standard InChI is InChI=1S/C15H4F17N/c16-8(17,7-3-1-6(5-33)2-4-7)9(18,19)10(20,21)11(22,23)12(24,25)13(26,27)14(28,29)15(30,31)32/h1-4H. The number of hydrogen-bond acceptors (Lipinski definition) is 1. The topological polar surface area (TPSA) is 23.8 Å². The van der Waals surface area contributed by atoms with Crippen molar-refractivity contribution in [1.29, 1.82) is 5.26 Å². The Labute approximate surface area is 170 Å². The van der Waals surface area contributed by atoms with Crippen molar-refractivity contribution in [3.8, 4) is 6.07 Å². The number of alkyl halides is 17. The normalized spacial score (nSPS) is 15.4. The van der Waals surface area contributed by atoms with Crippen LogP contribution in [0.15, 0.2) is 24.3 Å². The largest absolute Gasteiger partial charge is 0.460 e. The molecular formula is C15H4F17N. The zero-order chi connectivity index (χ0) is 26.7. The molecule has 0 heterocycles. The number of nitrogens with zero attached hydrogens (tertiary/aromatic N) is 1. The second-order valence-corrected chi connectivity index (χ2v) is 6.21. The molecule has 0 spiro atoms. The van der Waals surface area contributed by atoms with Gasteiger partial charge in [0, 0.05) is 5.56 Å². The maximum Gasteiger partial charge on any atom is 0.460 e. The molecule has 1 rings (SSSR count). The van der Waals surface area contributed by atoms with E-state index in [4.69, 9.17) is 5.26 Å². The van der Waals surface area contributed by atoms with Crippen molar-refractivity contribution in [1.82, 2.24) is 0 Å². The molecule has 1 nitrogen and oxygen atoms in total. The maximum absolute atomic E-state index is 13.9. The quantitative estimate of drug-likeness (QED) is 0.354. The number of rotatable bonds is 7. The molecule has 0 bridgehead atoms. The molecule has 0 aliphatic rings. The van der Waals surface area contributed by atoms with E-state index in [1.807, 2.05) is 0 Å². The minimum atomic E-state index is -8.66. The zero-order valence-corrected chi connectivity index (χ0v) is 14.7. The fraction of sp³-hybridized carbons (Fsp3) is 0.533. The third kappa shape index (κ3) is 3.63. The first-order valence-electron chi connectivity index (χ1n) is 7.51. The van der Waals surface area contributed by atoms with Crippen molar-refractivity contribution in [3.63, 3.8) is 0 Å². The van der Waals surface area contributed by atoms with E-state index in [-0.39, 0.29) is 24.3 Å². The summed E-state index contributed by atoms with van der Waals surface area (Å²) >= 11 is 0. The highest BCUT2D eigenvalue weighted by molar-refractivity contribution is 5.35. The first-order valence-corrected chi connectivity index (χ1v) is 7.51. The Morgan fingerprint density at radius 2 is 0.758 bits per heavy atom. The van der Waals surface area contributed by atoms with Crippen LogP contribution in [-0.4, -0.2) is 41.7 Å². The number of halogens is 17. The molecule has 0 saturated carbocycles. The Morgan fingerprint density at radius 3 is 1.06 bits per heavy atom. The summed E-state index contributed by atoms with van der Waals surface area (Å²) in [6.07, 6.45) is -7.79. The summed E-state index contributed by atoms with van der Waals surface area (Å²) in [5.41, 5.74) is -2.96.